The number of anilines is 1. The van der Waals surface area contributed by atoms with Crippen LogP contribution in [-0.4, -0.2) is 28.8 Å². The zero-order chi connectivity index (χ0) is 14.9. The minimum absolute atomic E-state index is 0.515. The molecule has 1 aromatic carbocycles. The summed E-state index contributed by atoms with van der Waals surface area (Å²) in [6.45, 7) is 4.21. The van der Waals surface area contributed by atoms with Crippen LogP contribution in [0.25, 0.3) is 10.9 Å². The van der Waals surface area contributed by atoms with E-state index in [1.54, 1.807) is 0 Å². The van der Waals surface area contributed by atoms with Crippen LogP contribution in [0.15, 0.2) is 30.3 Å². The van der Waals surface area contributed by atoms with Gasteiger partial charge in [-0.3, -0.25) is 0 Å². The summed E-state index contributed by atoms with van der Waals surface area (Å²) in [5.74, 6) is 0.979. The molecule has 4 nitrogen and oxygen atoms in total. The van der Waals surface area contributed by atoms with Crippen LogP contribution in [0.1, 0.15) is 31.7 Å². The molecule has 3 N–H and O–H groups in total. The van der Waals surface area contributed by atoms with Gasteiger partial charge in [0.15, 0.2) is 0 Å². The number of rotatable bonds is 2. The highest BCUT2D eigenvalue weighted by atomic mass is 16.3. The largest absolute Gasteiger partial charge is 0.390 e. The third-order valence-corrected chi connectivity index (χ3v) is 4.40. The van der Waals surface area contributed by atoms with Gasteiger partial charge in [0.25, 0.3) is 0 Å². The summed E-state index contributed by atoms with van der Waals surface area (Å²) >= 11 is 0. The van der Waals surface area contributed by atoms with Gasteiger partial charge in [0, 0.05) is 25.0 Å². The van der Waals surface area contributed by atoms with Gasteiger partial charge in [0.1, 0.15) is 5.82 Å². The fourth-order valence-electron chi connectivity index (χ4n) is 3.06. The maximum Gasteiger partial charge on any atom is 0.129 e. The van der Waals surface area contributed by atoms with Gasteiger partial charge in [-0.25, -0.2) is 4.98 Å². The quantitative estimate of drug-likeness (QED) is 0.889. The Morgan fingerprint density at radius 1 is 1.29 bits per heavy atom. The van der Waals surface area contributed by atoms with Crippen LogP contribution in [0.3, 0.4) is 0 Å². The summed E-state index contributed by atoms with van der Waals surface area (Å²) in [6, 6.07) is 10.2. The number of pyridine rings is 1. The van der Waals surface area contributed by atoms with Crippen molar-refractivity contribution in [1.29, 1.82) is 0 Å². The highest BCUT2D eigenvalue weighted by molar-refractivity contribution is 5.84. The number of fused-ring (bicyclic) bond motifs is 1. The Labute approximate surface area is 125 Å². The first-order chi connectivity index (χ1) is 10.1. The standard InChI is InChI=1S/C17H23N3O/c1-17(21)7-4-9-20(10-8-17)16-11-13(12-18)14-5-2-3-6-15(14)19-16/h2-3,5-6,11,21H,4,7-10,12,18H2,1H3. The molecule has 1 aliphatic heterocycles. The third-order valence-electron chi connectivity index (χ3n) is 4.40. The molecule has 21 heavy (non-hydrogen) atoms. The Morgan fingerprint density at radius 2 is 2.10 bits per heavy atom. The average molecular weight is 285 g/mol. The lowest BCUT2D eigenvalue weighted by Gasteiger charge is -2.24. The molecule has 1 atom stereocenters. The van der Waals surface area contributed by atoms with Gasteiger partial charge in [-0.15, -0.1) is 0 Å². The summed E-state index contributed by atoms with van der Waals surface area (Å²) in [4.78, 5) is 7.06. The van der Waals surface area contributed by atoms with Crippen molar-refractivity contribution < 1.29 is 5.11 Å². The molecule has 1 unspecified atom stereocenters. The molecule has 0 spiro atoms. The van der Waals surface area contributed by atoms with E-state index in [0.29, 0.717) is 6.54 Å². The molecule has 1 saturated heterocycles. The molecule has 0 amide bonds. The van der Waals surface area contributed by atoms with E-state index in [2.05, 4.69) is 17.0 Å². The number of aliphatic hydroxyl groups is 1. The monoisotopic (exact) mass is 285 g/mol. The van der Waals surface area contributed by atoms with Gasteiger partial charge in [-0.05, 0) is 43.9 Å². The van der Waals surface area contributed by atoms with Crippen molar-refractivity contribution in [3.63, 3.8) is 0 Å². The first kappa shape index (κ1) is 14.3. The summed E-state index contributed by atoms with van der Waals surface area (Å²) < 4.78 is 0. The van der Waals surface area contributed by atoms with Crippen molar-refractivity contribution >= 4 is 16.7 Å². The second-order valence-electron chi connectivity index (χ2n) is 6.20. The Hall–Kier alpha value is -1.65. The van der Waals surface area contributed by atoms with E-state index >= 15 is 0 Å². The Morgan fingerprint density at radius 3 is 2.90 bits per heavy atom. The lowest BCUT2D eigenvalue weighted by molar-refractivity contribution is 0.0481. The number of nitrogens with two attached hydrogens (primary N) is 1. The molecule has 1 fully saturated rings. The second-order valence-corrected chi connectivity index (χ2v) is 6.20. The van der Waals surface area contributed by atoms with Gasteiger partial charge in [0.05, 0.1) is 11.1 Å². The zero-order valence-electron chi connectivity index (χ0n) is 12.5. The summed E-state index contributed by atoms with van der Waals surface area (Å²) in [5, 5.41) is 11.4. The number of para-hydroxylation sites is 1. The van der Waals surface area contributed by atoms with Gasteiger partial charge in [-0.1, -0.05) is 18.2 Å². The van der Waals surface area contributed by atoms with Crippen molar-refractivity contribution in [3.8, 4) is 0 Å². The molecule has 4 heteroatoms. The summed E-state index contributed by atoms with van der Waals surface area (Å²) in [5.41, 5.74) is 7.47. The molecule has 0 bridgehead atoms. The second kappa shape index (κ2) is 5.62. The fraction of sp³-hybridized carbons (Fsp3) is 0.471. The molecule has 0 radical (unpaired) electrons. The zero-order valence-corrected chi connectivity index (χ0v) is 12.5. The molecule has 0 aliphatic carbocycles. The Balaban J connectivity index is 1.96. The lowest BCUT2D eigenvalue weighted by atomic mass is 9.98. The van der Waals surface area contributed by atoms with E-state index < -0.39 is 5.60 Å². The van der Waals surface area contributed by atoms with E-state index in [0.717, 1.165) is 54.6 Å². The fourth-order valence-corrected chi connectivity index (χ4v) is 3.06. The molecular formula is C17H23N3O. The van der Waals surface area contributed by atoms with E-state index in [4.69, 9.17) is 10.7 Å². The number of hydrogen-bond donors (Lipinski definition) is 2. The van der Waals surface area contributed by atoms with E-state index in [1.807, 2.05) is 25.1 Å². The third kappa shape index (κ3) is 3.01. The SMILES string of the molecule is CC1(O)CCCN(c2cc(CN)c3ccccc3n2)CC1. The van der Waals surface area contributed by atoms with E-state index in [-0.39, 0.29) is 0 Å². The topological polar surface area (TPSA) is 62.4 Å². The van der Waals surface area contributed by atoms with Crippen LogP contribution in [0.4, 0.5) is 5.82 Å². The van der Waals surface area contributed by atoms with Crippen molar-refractivity contribution in [3.05, 3.63) is 35.9 Å². The minimum atomic E-state index is -0.553. The molecule has 1 aliphatic rings. The van der Waals surface area contributed by atoms with Gasteiger partial charge < -0.3 is 15.7 Å². The first-order valence-corrected chi connectivity index (χ1v) is 7.65. The smallest absolute Gasteiger partial charge is 0.129 e. The average Bonchev–Trinajstić information content (AvgIpc) is 2.67. The predicted octanol–water partition coefficient (Wildman–Crippen LogP) is 2.43. The molecule has 1 aromatic heterocycles. The van der Waals surface area contributed by atoms with Gasteiger partial charge in [-0.2, -0.15) is 0 Å². The maximum atomic E-state index is 10.2. The van der Waals surface area contributed by atoms with E-state index in [1.165, 1.54) is 0 Å². The van der Waals surface area contributed by atoms with Crippen LogP contribution in [-0.2, 0) is 6.54 Å². The molecule has 2 heterocycles. The van der Waals surface area contributed by atoms with Gasteiger partial charge in [0.2, 0.25) is 0 Å². The highest BCUT2D eigenvalue weighted by Gasteiger charge is 2.25. The van der Waals surface area contributed by atoms with Gasteiger partial charge >= 0.3 is 0 Å². The van der Waals surface area contributed by atoms with Crippen LogP contribution in [0.2, 0.25) is 0 Å². The van der Waals surface area contributed by atoms with Crippen LogP contribution in [0.5, 0.6) is 0 Å². The van der Waals surface area contributed by atoms with E-state index in [9.17, 15) is 5.11 Å². The molecule has 0 saturated carbocycles. The molecular weight excluding hydrogens is 262 g/mol. The Bertz CT molecular complexity index is 639. The number of benzene rings is 1. The number of hydrogen-bond acceptors (Lipinski definition) is 4. The number of nitrogens with zero attached hydrogens (tertiary/aromatic N) is 2. The number of aromatic nitrogens is 1. The minimum Gasteiger partial charge on any atom is -0.390 e. The van der Waals surface area contributed by atoms with Crippen LogP contribution < -0.4 is 10.6 Å². The Kier molecular flexibility index (Phi) is 3.83. The summed E-state index contributed by atoms with van der Waals surface area (Å²) in [7, 11) is 0. The van der Waals surface area contributed by atoms with Crippen molar-refractivity contribution in [2.75, 3.05) is 18.0 Å². The molecule has 112 valence electrons. The normalized spacial score (nSPS) is 23.3. The van der Waals surface area contributed by atoms with Crippen molar-refractivity contribution in [2.45, 2.75) is 38.3 Å². The molecule has 2 aromatic rings. The van der Waals surface area contributed by atoms with Crippen LogP contribution >= 0.6 is 0 Å². The highest BCUT2D eigenvalue weighted by Crippen LogP contribution is 2.27. The lowest BCUT2D eigenvalue weighted by Crippen LogP contribution is -2.29. The molecule has 3 rings (SSSR count). The predicted molar refractivity (Wildman–Crippen MR) is 86.3 cm³/mol. The maximum absolute atomic E-state index is 10.2. The van der Waals surface area contributed by atoms with Crippen LogP contribution in [0, 0.1) is 0 Å². The van der Waals surface area contributed by atoms with Crippen molar-refractivity contribution in [1.82, 2.24) is 4.98 Å². The summed E-state index contributed by atoms with van der Waals surface area (Å²) in [6.07, 6.45) is 2.61. The first-order valence-electron chi connectivity index (χ1n) is 7.65. The van der Waals surface area contributed by atoms with Crippen molar-refractivity contribution in [2.24, 2.45) is 5.73 Å².